The molecule has 82 valence electrons. The fourth-order valence-electron chi connectivity index (χ4n) is 1.77. The summed E-state index contributed by atoms with van der Waals surface area (Å²) in [6, 6.07) is 3.21. The molecule has 1 aromatic rings. The van der Waals surface area contributed by atoms with Gasteiger partial charge in [0.1, 0.15) is 11.6 Å². The standard InChI is InChI=1S/C11H14FNOS/c1-14-7-4-8-9(10(12)5-7)6-15-3-2-11(8)13/h4-5,11H,2-3,6,13H2,1H3. The van der Waals surface area contributed by atoms with Crippen molar-refractivity contribution >= 4 is 11.8 Å². The molecule has 0 fully saturated rings. The van der Waals surface area contributed by atoms with Crippen molar-refractivity contribution in [3.05, 3.63) is 29.1 Å². The van der Waals surface area contributed by atoms with Crippen LogP contribution in [0.15, 0.2) is 12.1 Å². The Morgan fingerprint density at radius 3 is 3.07 bits per heavy atom. The summed E-state index contributed by atoms with van der Waals surface area (Å²) in [6.45, 7) is 0. The first kappa shape index (κ1) is 10.8. The van der Waals surface area contributed by atoms with Gasteiger partial charge in [-0.3, -0.25) is 0 Å². The molecular weight excluding hydrogens is 213 g/mol. The minimum Gasteiger partial charge on any atom is -0.497 e. The lowest BCUT2D eigenvalue weighted by molar-refractivity contribution is 0.409. The Morgan fingerprint density at radius 2 is 2.33 bits per heavy atom. The quantitative estimate of drug-likeness (QED) is 0.800. The summed E-state index contributed by atoms with van der Waals surface area (Å²) in [5, 5.41) is 0. The van der Waals surface area contributed by atoms with Crippen LogP contribution in [0.25, 0.3) is 0 Å². The Morgan fingerprint density at radius 1 is 1.53 bits per heavy atom. The lowest BCUT2D eigenvalue weighted by Crippen LogP contribution is -2.12. The van der Waals surface area contributed by atoms with E-state index < -0.39 is 0 Å². The summed E-state index contributed by atoms with van der Waals surface area (Å²) in [7, 11) is 1.54. The fraction of sp³-hybridized carbons (Fsp3) is 0.455. The highest BCUT2D eigenvalue weighted by Crippen LogP contribution is 2.33. The van der Waals surface area contributed by atoms with Gasteiger partial charge in [-0.2, -0.15) is 11.8 Å². The Balaban J connectivity index is 2.50. The van der Waals surface area contributed by atoms with Crippen LogP contribution < -0.4 is 10.5 Å². The van der Waals surface area contributed by atoms with Crippen LogP contribution >= 0.6 is 11.8 Å². The molecule has 0 saturated carbocycles. The summed E-state index contributed by atoms with van der Waals surface area (Å²) in [5.41, 5.74) is 7.64. The summed E-state index contributed by atoms with van der Waals surface area (Å²) < 4.78 is 18.8. The molecule has 0 radical (unpaired) electrons. The number of fused-ring (bicyclic) bond motifs is 1. The molecule has 1 unspecified atom stereocenters. The SMILES string of the molecule is COc1cc(F)c2c(c1)C(N)CCSC2. The van der Waals surface area contributed by atoms with Crippen LogP contribution in [0, 0.1) is 5.82 Å². The van der Waals surface area contributed by atoms with Gasteiger partial charge in [-0.1, -0.05) is 0 Å². The molecule has 2 N–H and O–H groups in total. The maximum atomic E-state index is 13.7. The predicted octanol–water partition coefficient (Wildman–Crippen LogP) is 2.47. The van der Waals surface area contributed by atoms with E-state index in [0.717, 1.165) is 23.3 Å². The highest BCUT2D eigenvalue weighted by molar-refractivity contribution is 7.98. The molecule has 1 aliphatic rings. The zero-order chi connectivity index (χ0) is 10.8. The average Bonchev–Trinajstić information content (AvgIpc) is 2.41. The second-order valence-electron chi connectivity index (χ2n) is 3.62. The molecule has 0 spiro atoms. The number of ether oxygens (including phenoxy) is 1. The predicted molar refractivity (Wildman–Crippen MR) is 60.7 cm³/mol. The molecule has 0 aliphatic carbocycles. The zero-order valence-electron chi connectivity index (χ0n) is 8.63. The summed E-state index contributed by atoms with van der Waals surface area (Å²) in [4.78, 5) is 0. The maximum absolute atomic E-state index is 13.7. The van der Waals surface area contributed by atoms with Gasteiger partial charge < -0.3 is 10.5 Å². The van der Waals surface area contributed by atoms with Crippen LogP contribution in [-0.2, 0) is 5.75 Å². The van der Waals surface area contributed by atoms with Gasteiger partial charge in [0.05, 0.1) is 7.11 Å². The van der Waals surface area contributed by atoms with E-state index in [0.29, 0.717) is 11.5 Å². The smallest absolute Gasteiger partial charge is 0.131 e. The van der Waals surface area contributed by atoms with Crippen molar-refractivity contribution in [3.63, 3.8) is 0 Å². The number of methoxy groups -OCH3 is 1. The highest BCUT2D eigenvalue weighted by Gasteiger charge is 2.19. The zero-order valence-corrected chi connectivity index (χ0v) is 9.44. The monoisotopic (exact) mass is 227 g/mol. The van der Waals surface area contributed by atoms with E-state index in [9.17, 15) is 4.39 Å². The van der Waals surface area contributed by atoms with Crippen LogP contribution in [0.3, 0.4) is 0 Å². The molecule has 0 aromatic heterocycles. The van der Waals surface area contributed by atoms with Crippen molar-refractivity contribution in [1.29, 1.82) is 0 Å². The minimum absolute atomic E-state index is 0.0698. The van der Waals surface area contributed by atoms with Gasteiger partial charge in [-0.25, -0.2) is 4.39 Å². The van der Waals surface area contributed by atoms with Gasteiger partial charge in [-0.05, 0) is 23.8 Å². The lowest BCUT2D eigenvalue weighted by atomic mass is 9.99. The summed E-state index contributed by atoms with van der Waals surface area (Å²) in [6.07, 6.45) is 0.893. The molecule has 2 rings (SSSR count). The number of rotatable bonds is 1. The Kier molecular flexibility index (Phi) is 3.17. The van der Waals surface area contributed by atoms with E-state index >= 15 is 0 Å². The molecule has 1 aromatic carbocycles. The number of halogens is 1. The molecule has 1 heterocycles. The van der Waals surface area contributed by atoms with E-state index in [2.05, 4.69) is 0 Å². The van der Waals surface area contributed by atoms with Gasteiger partial charge in [0.25, 0.3) is 0 Å². The fourth-order valence-corrected chi connectivity index (χ4v) is 2.85. The molecule has 15 heavy (non-hydrogen) atoms. The van der Waals surface area contributed by atoms with E-state index in [1.54, 1.807) is 11.8 Å². The van der Waals surface area contributed by atoms with Crippen LogP contribution in [-0.4, -0.2) is 12.9 Å². The molecule has 4 heteroatoms. The van der Waals surface area contributed by atoms with Gasteiger partial charge in [0, 0.05) is 23.4 Å². The highest BCUT2D eigenvalue weighted by atomic mass is 32.2. The van der Waals surface area contributed by atoms with E-state index in [4.69, 9.17) is 10.5 Å². The topological polar surface area (TPSA) is 35.2 Å². The minimum atomic E-state index is -0.200. The maximum Gasteiger partial charge on any atom is 0.131 e. The first-order valence-corrected chi connectivity index (χ1v) is 6.07. The number of hydrogen-bond donors (Lipinski definition) is 1. The van der Waals surface area contributed by atoms with E-state index in [1.807, 2.05) is 6.07 Å². The largest absolute Gasteiger partial charge is 0.497 e. The van der Waals surface area contributed by atoms with Crippen molar-refractivity contribution in [2.75, 3.05) is 12.9 Å². The number of hydrogen-bond acceptors (Lipinski definition) is 3. The third-order valence-electron chi connectivity index (χ3n) is 2.66. The molecule has 2 nitrogen and oxygen atoms in total. The molecule has 0 amide bonds. The average molecular weight is 227 g/mol. The summed E-state index contributed by atoms with van der Waals surface area (Å²) in [5.74, 6) is 2.04. The van der Waals surface area contributed by atoms with Crippen LogP contribution in [0.1, 0.15) is 23.6 Å². The summed E-state index contributed by atoms with van der Waals surface area (Å²) >= 11 is 1.73. The van der Waals surface area contributed by atoms with Gasteiger partial charge in [0.2, 0.25) is 0 Å². The van der Waals surface area contributed by atoms with Crippen molar-refractivity contribution in [1.82, 2.24) is 0 Å². The molecule has 0 bridgehead atoms. The van der Waals surface area contributed by atoms with E-state index in [1.165, 1.54) is 13.2 Å². The van der Waals surface area contributed by atoms with Gasteiger partial charge >= 0.3 is 0 Å². The normalized spacial score (nSPS) is 20.6. The first-order valence-electron chi connectivity index (χ1n) is 4.92. The first-order chi connectivity index (χ1) is 7.22. The van der Waals surface area contributed by atoms with Crippen LogP contribution in [0.4, 0.5) is 4.39 Å². The van der Waals surface area contributed by atoms with Crippen LogP contribution in [0.2, 0.25) is 0 Å². The molecular formula is C11H14FNOS. The third kappa shape index (κ3) is 2.11. The number of benzene rings is 1. The third-order valence-corrected chi connectivity index (χ3v) is 3.68. The second kappa shape index (κ2) is 4.41. The Labute approximate surface area is 93.0 Å². The molecule has 1 aliphatic heterocycles. The second-order valence-corrected chi connectivity index (χ2v) is 4.73. The van der Waals surface area contributed by atoms with Gasteiger partial charge in [-0.15, -0.1) is 0 Å². The lowest BCUT2D eigenvalue weighted by Gasteiger charge is -2.14. The number of thioether (sulfide) groups is 1. The van der Waals surface area contributed by atoms with Crippen molar-refractivity contribution in [2.24, 2.45) is 5.73 Å². The van der Waals surface area contributed by atoms with E-state index in [-0.39, 0.29) is 11.9 Å². The molecule has 1 atom stereocenters. The van der Waals surface area contributed by atoms with Crippen molar-refractivity contribution in [3.8, 4) is 5.75 Å². The van der Waals surface area contributed by atoms with Crippen LogP contribution in [0.5, 0.6) is 5.75 Å². The Hall–Kier alpha value is -0.740. The van der Waals surface area contributed by atoms with Gasteiger partial charge in [0.15, 0.2) is 0 Å². The molecule has 0 saturated heterocycles. The van der Waals surface area contributed by atoms with Crippen molar-refractivity contribution in [2.45, 2.75) is 18.2 Å². The number of nitrogens with two attached hydrogens (primary N) is 1. The van der Waals surface area contributed by atoms with Crippen molar-refractivity contribution < 1.29 is 9.13 Å². The Bertz CT molecular complexity index is 370.